The average molecular weight is 253 g/mol. The van der Waals surface area contributed by atoms with Gasteiger partial charge in [-0.15, -0.1) is 0 Å². The zero-order chi connectivity index (χ0) is 13.0. The van der Waals surface area contributed by atoms with Crippen LogP contribution >= 0.6 is 0 Å². The van der Waals surface area contributed by atoms with E-state index in [-0.39, 0.29) is 11.6 Å². The van der Waals surface area contributed by atoms with Gasteiger partial charge in [-0.1, -0.05) is 45.4 Å². The molecular weight excluding hydrogens is 222 g/mol. The molecule has 0 aromatic heterocycles. The summed E-state index contributed by atoms with van der Waals surface area (Å²) < 4.78 is 6.19. The predicted octanol–water partition coefficient (Wildman–Crippen LogP) is 3.88. The van der Waals surface area contributed by atoms with Crippen LogP contribution in [0.5, 0.6) is 0 Å². The van der Waals surface area contributed by atoms with E-state index in [9.17, 15) is 0 Å². The molecule has 2 rings (SSSR count). The molecule has 2 aliphatic carbocycles. The highest BCUT2D eigenvalue weighted by atomic mass is 16.5. The van der Waals surface area contributed by atoms with Gasteiger partial charge in [0.05, 0.1) is 5.60 Å². The van der Waals surface area contributed by atoms with E-state index in [1.54, 1.807) is 0 Å². The van der Waals surface area contributed by atoms with Crippen LogP contribution in [0.4, 0.5) is 0 Å². The van der Waals surface area contributed by atoms with Gasteiger partial charge in [0.2, 0.25) is 0 Å². The second-order valence-electron chi connectivity index (χ2n) is 6.69. The Balaban J connectivity index is 1.98. The van der Waals surface area contributed by atoms with Crippen LogP contribution in [0, 0.1) is 11.8 Å². The zero-order valence-corrected chi connectivity index (χ0v) is 12.3. The molecule has 2 nitrogen and oxygen atoms in total. The maximum Gasteiger partial charge on any atom is 0.0835 e. The number of rotatable bonds is 5. The Bertz CT molecular complexity index is 245. The molecule has 2 heteroatoms. The van der Waals surface area contributed by atoms with Crippen molar-refractivity contribution < 1.29 is 4.74 Å². The fraction of sp³-hybridized carbons (Fsp3) is 1.00. The van der Waals surface area contributed by atoms with Gasteiger partial charge in [0.1, 0.15) is 0 Å². The summed E-state index contributed by atoms with van der Waals surface area (Å²) in [6, 6.07) is 0.253. The first-order chi connectivity index (χ1) is 8.66. The lowest BCUT2D eigenvalue weighted by molar-refractivity contribution is -0.0963. The first-order valence-electron chi connectivity index (χ1n) is 8.06. The molecular formula is C16H31NO. The Morgan fingerprint density at radius 1 is 1.22 bits per heavy atom. The van der Waals surface area contributed by atoms with E-state index in [1.165, 1.54) is 57.8 Å². The van der Waals surface area contributed by atoms with Gasteiger partial charge in [-0.2, -0.15) is 0 Å². The third-order valence-corrected chi connectivity index (χ3v) is 5.16. The quantitative estimate of drug-likeness (QED) is 0.807. The van der Waals surface area contributed by atoms with Crippen molar-refractivity contribution in [3.8, 4) is 0 Å². The Morgan fingerprint density at radius 2 is 1.94 bits per heavy atom. The summed E-state index contributed by atoms with van der Waals surface area (Å²) in [7, 11) is 0. The molecule has 18 heavy (non-hydrogen) atoms. The van der Waals surface area contributed by atoms with Crippen LogP contribution in [0.25, 0.3) is 0 Å². The molecule has 0 aromatic carbocycles. The highest BCUT2D eigenvalue weighted by Crippen LogP contribution is 2.40. The smallest absolute Gasteiger partial charge is 0.0835 e. The number of nitrogens with two attached hydrogens (primary N) is 1. The highest BCUT2D eigenvalue weighted by molar-refractivity contribution is 4.96. The van der Waals surface area contributed by atoms with Crippen LogP contribution in [-0.2, 0) is 4.74 Å². The molecule has 0 aromatic rings. The Labute approximate surface area is 113 Å². The van der Waals surface area contributed by atoms with E-state index in [0.29, 0.717) is 0 Å². The summed E-state index contributed by atoms with van der Waals surface area (Å²) in [4.78, 5) is 0. The molecule has 2 N–H and O–H groups in total. The van der Waals surface area contributed by atoms with Crippen LogP contribution in [-0.4, -0.2) is 18.2 Å². The molecule has 0 saturated heterocycles. The highest BCUT2D eigenvalue weighted by Gasteiger charge is 2.41. The van der Waals surface area contributed by atoms with Crippen molar-refractivity contribution in [1.29, 1.82) is 0 Å². The third kappa shape index (κ3) is 3.27. The van der Waals surface area contributed by atoms with E-state index < -0.39 is 0 Å². The van der Waals surface area contributed by atoms with Crippen LogP contribution in [0.15, 0.2) is 0 Å². The summed E-state index contributed by atoms with van der Waals surface area (Å²) in [5.41, 5.74) is 6.58. The van der Waals surface area contributed by atoms with E-state index in [0.717, 1.165) is 18.4 Å². The van der Waals surface area contributed by atoms with Crippen molar-refractivity contribution >= 4 is 0 Å². The molecule has 0 amide bonds. The van der Waals surface area contributed by atoms with Crippen LogP contribution < -0.4 is 5.73 Å². The lowest BCUT2D eigenvalue weighted by Crippen LogP contribution is -2.53. The van der Waals surface area contributed by atoms with Crippen molar-refractivity contribution in [3.63, 3.8) is 0 Å². The van der Waals surface area contributed by atoms with Crippen LogP contribution in [0.1, 0.15) is 71.6 Å². The van der Waals surface area contributed by atoms with E-state index in [1.807, 2.05) is 0 Å². The molecule has 0 aliphatic heterocycles. The molecule has 2 aliphatic rings. The third-order valence-electron chi connectivity index (χ3n) is 5.16. The monoisotopic (exact) mass is 253 g/mol. The summed E-state index contributed by atoms with van der Waals surface area (Å²) in [5, 5.41) is 0. The Morgan fingerprint density at radius 3 is 2.56 bits per heavy atom. The minimum atomic E-state index is -0.00495. The predicted molar refractivity (Wildman–Crippen MR) is 76.5 cm³/mol. The minimum Gasteiger partial charge on any atom is -0.374 e. The van der Waals surface area contributed by atoms with Crippen molar-refractivity contribution in [3.05, 3.63) is 0 Å². The normalized spacial score (nSPS) is 35.8. The van der Waals surface area contributed by atoms with Gasteiger partial charge in [0.15, 0.2) is 0 Å². The summed E-state index contributed by atoms with van der Waals surface area (Å²) in [6.07, 6.45) is 11.8. The molecule has 3 atom stereocenters. The molecule has 0 heterocycles. The van der Waals surface area contributed by atoms with Gasteiger partial charge in [0, 0.05) is 12.6 Å². The Hall–Kier alpha value is -0.0800. The molecule has 0 spiro atoms. The first kappa shape index (κ1) is 14.3. The lowest BCUT2D eigenvalue weighted by atomic mass is 9.72. The molecule has 2 saturated carbocycles. The standard InChI is InChI=1S/C16H31NO/c1-3-18-16(10-6-7-13(2)12-16)15(17)11-14-8-4-5-9-14/h13-15H,3-12,17H2,1-2H3. The SMILES string of the molecule is CCOC1(C(N)CC2CCCC2)CCCC(C)C1. The molecule has 0 radical (unpaired) electrons. The van der Waals surface area contributed by atoms with Crippen molar-refractivity contribution in [1.82, 2.24) is 0 Å². The average Bonchev–Trinajstić information content (AvgIpc) is 2.82. The summed E-state index contributed by atoms with van der Waals surface area (Å²) in [6.45, 7) is 5.28. The van der Waals surface area contributed by atoms with Crippen molar-refractivity contribution in [2.45, 2.75) is 83.3 Å². The van der Waals surface area contributed by atoms with Crippen LogP contribution in [0.2, 0.25) is 0 Å². The maximum absolute atomic E-state index is 6.59. The van der Waals surface area contributed by atoms with Gasteiger partial charge >= 0.3 is 0 Å². The maximum atomic E-state index is 6.59. The largest absolute Gasteiger partial charge is 0.374 e. The first-order valence-corrected chi connectivity index (χ1v) is 8.06. The summed E-state index contributed by atoms with van der Waals surface area (Å²) in [5.74, 6) is 1.65. The number of hydrogen-bond donors (Lipinski definition) is 1. The van der Waals surface area contributed by atoms with Gasteiger partial charge < -0.3 is 10.5 Å². The summed E-state index contributed by atoms with van der Waals surface area (Å²) >= 11 is 0. The molecule has 0 bridgehead atoms. The van der Waals surface area contributed by atoms with Gasteiger partial charge in [-0.05, 0) is 38.0 Å². The van der Waals surface area contributed by atoms with E-state index in [4.69, 9.17) is 10.5 Å². The minimum absolute atomic E-state index is 0.00495. The van der Waals surface area contributed by atoms with E-state index in [2.05, 4.69) is 13.8 Å². The lowest BCUT2D eigenvalue weighted by Gasteiger charge is -2.44. The zero-order valence-electron chi connectivity index (χ0n) is 12.3. The second-order valence-corrected chi connectivity index (χ2v) is 6.69. The topological polar surface area (TPSA) is 35.2 Å². The van der Waals surface area contributed by atoms with Gasteiger partial charge in [0.25, 0.3) is 0 Å². The van der Waals surface area contributed by atoms with Gasteiger partial charge in [-0.3, -0.25) is 0 Å². The van der Waals surface area contributed by atoms with Crippen LogP contribution in [0.3, 0.4) is 0 Å². The van der Waals surface area contributed by atoms with E-state index >= 15 is 0 Å². The van der Waals surface area contributed by atoms with Crippen molar-refractivity contribution in [2.75, 3.05) is 6.61 Å². The molecule has 3 unspecified atom stereocenters. The number of ether oxygens (including phenoxy) is 1. The van der Waals surface area contributed by atoms with Gasteiger partial charge in [-0.25, -0.2) is 0 Å². The fourth-order valence-electron chi connectivity index (χ4n) is 4.23. The fourth-order valence-corrected chi connectivity index (χ4v) is 4.23. The molecule has 106 valence electrons. The Kier molecular flexibility index (Phi) is 5.08. The van der Waals surface area contributed by atoms with Crippen molar-refractivity contribution in [2.24, 2.45) is 17.6 Å². The molecule has 2 fully saturated rings. The number of hydrogen-bond acceptors (Lipinski definition) is 2. The second kappa shape index (κ2) is 6.38.